The molecule has 23 heavy (non-hydrogen) atoms. The number of rotatable bonds is 5. The van der Waals surface area contributed by atoms with Gasteiger partial charge in [0.1, 0.15) is 5.75 Å². The number of carbonyl (C=O) groups excluding carboxylic acids is 2. The smallest absolute Gasteiger partial charge is 0.287 e. The predicted molar refractivity (Wildman–Crippen MR) is 84.5 cm³/mol. The summed E-state index contributed by atoms with van der Waals surface area (Å²) in [7, 11) is 0. The summed E-state index contributed by atoms with van der Waals surface area (Å²) in [5, 5.41) is 2.82. The number of hydrogen-bond donors (Lipinski definition) is 1. The molecule has 6 nitrogen and oxygen atoms in total. The molecule has 1 fully saturated rings. The fourth-order valence-electron chi connectivity index (χ4n) is 2.61. The third-order valence-corrected chi connectivity index (χ3v) is 3.66. The molecular weight excluding hydrogens is 296 g/mol. The number of hydrogen-bond acceptors (Lipinski definition) is 4. The van der Waals surface area contributed by atoms with Crippen molar-refractivity contribution in [3.8, 4) is 5.75 Å². The highest BCUT2D eigenvalue weighted by Gasteiger charge is 2.32. The Hall–Kier alpha value is -2.76. The molecule has 0 radical (unpaired) electrons. The molecule has 2 heterocycles. The maximum Gasteiger partial charge on any atom is 0.287 e. The number of benzene rings is 1. The third-order valence-electron chi connectivity index (χ3n) is 3.66. The maximum atomic E-state index is 12.2. The van der Waals surface area contributed by atoms with Crippen LogP contribution >= 0.6 is 0 Å². The van der Waals surface area contributed by atoms with Crippen LogP contribution in [0.1, 0.15) is 23.9 Å². The molecule has 0 unspecified atom stereocenters. The van der Waals surface area contributed by atoms with Crippen LogP contribution in [-0.2, 0) is 4.79 Å². The minimum Gasteiger partial charge on any atom is -0.494 e. The van der Waals surface area contributed by atoms with E-state index in [0.29, 0.717) is 13.2 Å². The van der Waals surface area contributed by atoms with Gasteiger partial charge in [-0.1, -0.05) is 0 Å². The Balaban J connectivity index is 1.64. The van der Waals surface area contributed by atoms with E-state index >= 15 is 0 Å². The van der Waals surface area contributed by atoms with Crippen LogP contribution in [0.3, 0.4) is 0 Å². The van der Waals surface area contributed by atoms with E-state index in [-0.39, 0.29) is 30.0 Å². The Labute approximate surface area is 134 Å². The van der Waals surface area contributed by atoms with E-state index in [4.69, 9.17) is 9.15 Å². The first kappa shape index (κ1) is 15.1. The van der Waals surface area contributed by atoms with Gasteiger partial charge in [-0.05, 0) is 43.3 Å². The van der Waals surface area contributed by atoms with Crippen molar-refractivity contribution in [2.75, 3.05) is 18.1 Å². The molecule has 1 aliphatic heterocycles. The molecule has 120 valence electrons. The van der Waals surface area contributed by atoms with Crippen molar-refractivity contribution in [3.05, 3.63) is 48.4 Å². The topological polar surface area (TPSA) is 71.8 Å². The standard InChI is InChI=1S/C17H18N2O4/c1-2-22-14-7-5-13(6-8-14)19-11-12(10-16(19)20)18-17(21)15-4-3-9-23-15/h3-9,12H,2,10-11H2,1H3,(H,18,21)/t12-/m0/s1. The summed E-state index contributed by atoms with van der Waals surface area (Å²) in [5.41, 5.74) is 0.799. The molecule has 0 spiro atoms. The van der Waals surface area contributed by atoms with Crippen LogP contribution in [0.5, 0.6) is 5.75 Å². The van der Waals surface area contributed by atoms with E-state index in [9.17, 15) is 9.59 Å². The Morgan fingerprint density at radius 2 is 2.13 bits per heavy atom. The average Bonchev–Trinajstić information content (AvgIpc) is 3.18. The SMILES string of the molecule is CCOc1ccc(N2C[C@@H](NC(=O)c3ccco3)CC2=O)cc1. The minimum atomic E-state index is -0.304. The summed E-state index contributed by atoms with van der Waals surface area (Å²) in [5.74, 6) is 0.697. The van der Waals surface area contributed by atoms with Gasteiger partial charge in [0, 0.05) is 18.7 Å². The molecule has 0 bridgehead atoms. The van der Waals surface area contributed by atoms with Gasteiger partial charge in [-0.2, -0.15) is 0 Å². The van der Waals surface area contributed by atoms with Crippen molar-refractivity contribution in [3.63, 3.8) is 0 Å². The lowest BCUT2D eigenvalue weighted by Crippen LogP contribution is -2.37. The first-order valence-electron chi connectivity index (χ1n) is 7.55. The zero-order valence-corrected chi connectivity index (χ0v) is 12.8. The monoisotopic (exact) mass is 314 g/mol. The Morgan fingerprint density at radius 3 is 2.78 bits per heavy atom. The number of nitrogens with one attached hydrogen (secondary N) is 1. The van der Waals surface area contributed by atoms with Gasteiger partial charge < -0.3 is 19.4 Å². The second-order valence-electron chi connectivity index (χ2n) is 5.28. The van der Waals surface area contributed by atoms with Crippen molar-refractivity contribution in [2.24, 2.45) is 0 Å². The van der Waals surface area contributed by atoms with E-state index in [1.807, 2.05) is 31.2 Å². The fourth-order valence-corrected chi connectivity index (χ4v) is 2.61. The highest BCUT2D eigenvalue weighted by molar-refractivity contribution is 5.98. The molecule has 0 aliphatic carbocycles. The molecule has 1 N–H and O–H groups in total. The molecule has 1 aliphatic rings. The van der Waals surface area contributed by atoms with Gasteiger partial charge in [0.15, 0.2) is 5.76 Å². The number of furan rings is 1. The highest BCUT2D eigenvalue weighted by atomic mass is 16.5. The first-order valence-corrected chi connectivity index (χ1v) is 7.55. The summed E-state index contributed by atoms with van der Waals surface area (Å²) in [6, 6.07) is 10.4. The van der Waals surface area contributed by atoms with Gasteiger partial charge in [0.05, 0.1) is 18.9 Å². The van der Waals surface area contributed by atoms with Crippen molar-refractivity contribution in [1.29, 1.82) is 0 Å². The van der Waals surface area contributed by atoms with Gasteiger partial charge >= 0.3 is 0 Å². The molecular formula is C17H18N2O4. The number of ether oxygens (including phenoxy) is 1. The number of anilines is 1. The molecule has 1 saturated heterocycles. The second-order valence-corrected chi connectivity index (χ2v) is 5.28. The molecule has 1 aromatic heterocycles. The van der Waals surface area contributed by atoms with Crippen molar-refractivity contribution in [1.82, 2.24) is 5.32 Å². The van der Waals surface area contributed by atoms with Crippen molar-refractivity contribution >= 4 is 17.5 Å². The zero-order chi connectivity index (χ0) is 16.2. The van der Waals surface area contributed by atoms with Crippen LogP contribution in [0.15, 0.2) is 47.1 Å². The highest BCUT2D eigenvalue weighted by Crippen LogP contribution is 2.24. The quantitative estimate of drug-likeness (QED) is 0.918. The third kappa shape index (κ3) is 3.36. The van der Waals surface area contributed by atoms with Gasteiger partial charge in [-0.3, -0.25) is 9.59 Å². The fraction of sp³-hybridized carbons (Fsp3) is 0.294. The lowest BCUT2D eigenvalue weighted by Gasteiger charge is -2.17. The summed E-state index contributed by atoms with van der Waals surface area (Å²) < 4.78 is 10.5. The maximum absolute atomic E-state index is 12.2. The average molecular weight is 314 g/mol. The van der Waals surface area contributed by atoms with Crippen LogP contribution in [0.25, 0.3) is 0 Å². The van der Waals surface area contributed by atoms with E-state index in [1.54, 1.807) is 17.0 Å². The summed E-state index contributed by atoms with van der Waals surface area (Å²) in [4.78, 5) is 25.8. The van der Waals surface area contributed by atoms with E-state index in [0.717, 1.165) is 11.4 Å². The summed E-state index contributed by atoms with van der Waals surface area (Å²) in [6.07, 6.45) is 1.72. The summed E-state index contributed by atoms with van der Waals surface area (Å²) in [6.45, 7) is 2.96. The Kier molecular flexibility index (Phi) is 4.32. The lowest BCUT2D eigenvalue weighted by atomic mass is 10.2. The molecule has 1 aromatic carbocycles. The summed E-state index contributed by atoms with van der Waals surface area (Å²) >= 11 is 0. The molecule has 3 rings (SSSR count). The van der Waals surface area contributed by atoms with Crippen LogP contribution < -0.4 is 15.0 Å². The van der Waals surface area contributed by atoms with Gasteiger partial charge in [-0.15, -0.1) is 0 Å². The van der Waals surface area contributed by atoms with Gasteiger partial charge in [0.25, 0.3) is 5.91 Å². The van der Waals surface area contributed by atoms with Crippen LogP contribution in [0.2, 0.25) is 0 Å². The number of amides is 2. The lowest BCUT2D eigenvalue weighted by molar-refractivity contribution is -0.117. The van der Waals surface area contributed by atoms with Crippen molar-refractivity contribution in [2.45, 2.75) is 19.4 Å². The Morgan fingerprint density at radius 1 is 1.35 bits per heavy atom. The van der Waals surface area contributed by atoms with Crippen LogP contribution in [0, 0.1) is 0 Å². The molecule has 2 aromatic rings. The van der Waals surface area contributed by atoms with Crippen molar-refractivity contribution < 1.29 is 18.7 Å². The van der Waals surface area contributed by atoms with Crippen LogP contribution in [0.4, 0.5) is 5.69 Å². The van der Waals surface area contributed by atoms with Gasteiger partial charge in [-0.25, -0.2) is 0 Å². The van der Waals surface area contributed by atoms with E-state index < -0.39 is 0 Å². The van der Waals surface area contributed by atoms with E-state index in [2.05, 4.69) is 5.32 Å². The molecule has 0 saturated carbocycles. The van der Waals surface area contributed by atoms with Crippen LogP contribution in [-0.4, -0.2) is 31.0 Å². The number of carbonyl (C=O) groups is 2. The first-order chi connectivity index (χ1) is 11.2. The molecule has 1 atom stereocenters. The Bertz CT molecular complexity index is 679. The van der Waals surface area contributed by atoms with Gasteiger partial charge in [0.2, 0.25) is 5.91 Å². The second kappa shape index (κ2) is 6.56. The predicted octanol–water partition coefficient (Wildman–Crippen LogP) is 2.21. The molecule has 2 amide bonds. The normalized spacial score (nSPS) is 17.3. The number of nitrogens with zero attached hydrogens (tertiary/aromatic N) is 1. The minimum absolute atomic E-state index is 0.0149. The largest absolute Gasteiger partial charge is 0.494 e. The van der Waals surface area contributed by atoms with E-state index in [1.165, 1.54) is 6.26 Å². The molecule has 6 heteroatoms. The zero-order valence-electron chi connectivity index (χ0n) is 12.8.